The van der Waals surface area contributed by atoms with E-state index in [1.165, 1.54) is 10.4 Å². The van der Waals surface area contributed by atoms with Gasteiger partial charge in [0.15, 0.2) is 0 Å². The van der Waals surface area contributed by atoms with Crippen LogP contribution in [0.25, 0.3) is 0 Å². The molecule has 2 aromatic rings. The normalized spacial score (nSPS) is 12.4. The molecule has 0 fully saturated rings. The fraction of sp³-hybridized carbons (Fsp3) is 0.286. The minimum atomic E-state index is 0.291. The summed E-state index contributed by atoms with van der Waals surface area (Å²) in [7, 11) is 3.70. The molecule has 1 aromatic carbocycles. The summed E-state index contributed by atoms with van der Waals surface area (Å²) in [4.78, 5) is 1.32. The van der Waals surface area contributed by atoms with Crippen LogP contribution in [0.4, 0.5) is 0 Å². The lowest BCUT2D eigenvalue weighted by atomic mass is 10.0. The van der Waals surface area contributed by atoms with Gasteiger partial charge in [0, 0.05) is 15.4 Å². The number of likely N-dealkylation sites (N-methyl/N-ethyl adjacent to an activating group) is 1. The third-order valence-corrected chi connectivity index (χ3v) is 5.18. The summed E-state index contributed by atoms with van der Waals surface area (Å²) in [5.41, 5.74) is 1.20. The second kappa shape index (κ2) is 6.88. The van der Waals surface area contributed by atoms with Crippen molar-refractivity contribution >= 4 is 43.2 Å². The van der Waals surface area contributed by atoms with Gasteiger partial charge in [0.2, 0.25) is 0 Å². The first-order chi connectivity index (χ1) is 9.13. The Morgan fingerprint density at radius 1 is 1.26 bits per heavy atom. The molecule has 0 aliphatic carbocycles. The zero-order valence-corrected chi connectivity index (χ0v) is 14.7. The van der Waals surface area contributed by atoms with Crippen molar-refractivity contribution in [3.05, 3.63) is 49.0 Å². The van der Waals surface area contributed by atoms with Gasteiger partial charge in [-0.2, -0.15) is 0 Å². The number of methoxy groups -OCH3 is 1. The number of halogens is 2. The second-order valence-electron chi connectivity index (χ2n) is 4.14. The van der Waals surface area contributed by atoms with Crippen LogP contribution in [0.3, 0.4) is 0 Å². The summed E-state index contributed by atoms with van der Waals surface area (Å²) in [6.07, 6.45) is 0.895. The smallest absolute Gasteiger partial charge is 0.122 e. The molecule has 19 heavy (non-hydrogen) atoms. The molecule has 0 aliphatic rings. The zero-order valence-electron chi connectivity index (χ0n) is 10.7. The molecule has 0 amide bonds. The zero-order chi connectivity index (χ0) is 13.8. The molecule has 102 valence electrons. The van der Waals surface area contributed by atoms with Crippen LogP contribution >= 0.6 is 43.2 Å². The third kappa shape index (κ3) is 3.81. The number of hydrogen-bond donors (Lipinski definition) is 1. The van der Waals surface area contributed by atoms with Crippen molar-refractivity contribution in [3.8, 4) is 5.75 Å². The molecule has 1 aromatic heterocycles. The Kier molecular flexibility index (Phi) is 5.45. The van der Waals surface area contributed by atoms with E-state index in [9.17, 15) is 0 Å². The number of nitrogens with one attached hydrogen (secondary N) is 1. The van der Waals surface area contributed by atoms with E-state index in [1.54, 1.807) is 18.4 Å². The van der Waals surface area contributed by atoms with E-state index in [0.717, 1.165) is 20.4 Å². The SMILES string of the molecule is CNC(Cc1cc(Br)ccc1OC)c1ccc(Br)s1. The lowest BCUT2D eigenvalue weighted by molar-refractivity contribution is 0.406. The number of thiophene rings is 1. The molecule has 1 heterocycles. The molecule has 1 unspecified atom stereocenters. The van der Waals surface area contributed by atoms with Gasteiger partial charge in [0.05, 0.1) is 10.9 Å². The maximum absolute atomic E-state index is 5.43. The van der Waals surface area contributed by atoms with Crippen molar-refractivity contribution in [2.45, 2.75) is 12.5 Å². The Bertz CT molecular complexity index is 556. The molecule has 5 heteroatoms. The largest absolute Gasteiger partial charge is 0.496 e. The predicted octanol–water partition coefficient (Wildman–Crippen LogP) is 4.78. The number of ether oxygens (including phenoxy) is 1. The molecular formula is C14H15Br2NOS. The number of benzene rings is 1. The molecule has 0 saturated heterocycles. The Morgan fingerprint density at radius 3 is 2.63 bits per heavy atom. The highest BCUT2D eigenvalue weighted by molar-refractivity contribution is 9.11. The highest BCUT2D eigenvalue weighted by Crippen LogP contribution is 2.32. The van der Waals surface area contributed by atoms with Crippen molar-refractivity contribution in [1.82, 2.24) is 5.32 Å². The lowest BCUT2D eigenvalue weighted by Crippen LogP contribution is -2.18. The number of hydrogen-bond acceptors (Lipinski definition) is 3. The molecule has 1 atom stereocenters. The van der Waals surface area contributed by atoms with Crippen molar-refractivity contribution in [2.75, 3.05) is 14.2 Å². The van der Waals surface area contributed by atoms with Crippen LogP contribution in [0, 0.1) is 0 Å². The van der Waals surface area contributed by atoms with Crippen molar-refractivity contribution < 1.29 is 4.74 Å². The van der Waals surface area contributed by atoms with Gasteiger partial charge in [-0.15, -0.1) is 11.3 Å². The van der Waals surface area contributed by atoms with Gasteiger partial charge in [0.25, 0.3) is 0 Å². The van der Waals surface area contributed by atoms with E-state index in [1.807, 2.05) is 19.2 Å². The highest BCUT2D eigenvalue weighted by atomic mass is 79.9. The topological polar surface area (TPSA) is 21.3 Å². The van der Waals surface area contributed by atoms with Crippen LogP contribution in [0.2, 0.25) is 0 Å². The lowest BCUT2D eigenvalue weighted by Gasteiger charge is -2.17. The second-order valence-corrected chi connectivity index (χ2v) is 7.55. The fourth-order valence-electron chi connectivity index (χ4n) is 1.99. The van der Waals surface area contributed by atoms with Gasteiger partial charge in [-0.1, -0.05) is 15.9 Å². The van der Waals surface area contributed by atoms with Crippen molar-refractivity contribution in [3.63, 3.8) is 0 Å². The van der Waals surface area contributed by atoms with E-state index in [2.05, 4.69) is 55.4 Å². The maximum Gasteiger partial charge on any atom is 0.122 e. The first kappa shape index (κ1) is 15.0. The van der Waals surface area contributed by atoms with Crippen LogP contribution in [0.5, 0.6) is 5.75 Å². The fourth-order valence-corrected chi connectivity index (χ4v) is 3.93. The molecule has 0 bridgehead atoms. The monoisotopic (exact) mass is 403 g/mol. The Morgan fingerprint density at radius 2 is 2.05 bits per heavy atom. The van der Waals surface area contributed by atoms with Crippen LogP contribution in [0.1, 0.15) is 16.5 Å². The minimum Gasteiger partial charge on any atom is -0.496 e. The van der Waals surface area contributed by atoms with Crippen LogP contribution in [-0.4, -0.2) is 14.2 Å². The first-order valence-corrected chi connectivity index (χ1v) is 8.29. The molecular weight excluding hydrogens is 390 g/mol. The quantitative estimate of drug-likeness (QED) is 0.773. The van der Waals surface area contributed by atoms with E-state index in [-0.39, 0.29) is 0 Å². The first-order valence-electron chi connectivity index (χ1n) is 5.89. The molecule has 0 saturated carbocycles. The number of rotatable bonds is 5. The summed E-state index contributed by atoms with van der Waals surface area (Å²) in [6, 6.07) is 10.6. The summed E-state index contributed by atoms with van der Waals surface area (Å²) in [5, 5.41) is 3.37. The van der Waals surface area contributed by atoms with Gasteiger partial charge >= 0.3 is 0 Å². The average Bonchev–Trinajstić information content (AvgIpc) is 2.82. The summed E-state index contributed by atoms with van der Waals surface area (Å²) in [6.45, 7) is 0. The van der Waals surface area contributed by atoms with Gasteiger partial charge in [-0.25, -0.2) is 0 Å². The summed E-state index contributed by atoms with van der Waals surface area (Å²) < 4.78 is 7.66. The molecule has 2 rings (SSSR count). The van der Waals surface area contributed by atoms with Crippen LogP contribution in [-0.2, 0) is 6.42 Å². The molecule has 0 aliphatic heterocycles. The highest BCUT2D eigenvalue weighted by Gasteiger charge is 2.15. The summed E-state index contributed by atoms with van der Waals surface area (Å²) in [5.74, 6) is 0.930. The molecule has 0 radical (unpaired) electrons. The van der Waals surface area contributed by atoms with Crippen LogP contribution in [0.15, 0.2) is 38.6 Å². The van der Waals surface area contributed by atoms with E-state index in [0.29, 0.717) is 6.04 Å². The Labute approximate surface area is 134 Å². The van der Waals surface area contributed by atoms with Crippen LogP contribution < -0.4 is 10.1 Å². The van der Waals surface area contributed by atoms with E-state index < -0.39 is 0 Å². The van der Waals surface area contributed by atoms with Gasteiger partial charge < -0.3 is 10.1 Å². The minimum absolute atomic E-state index is 0.291. The maximum atomic E-state index is 5.43. The van der Waals surface area contributed by atoms with Gasteiger partial charge in [0.1, 0.15) is 5.75 Å². The predicted molar refractivity (Wildman–Crippen MR) is 88.2 cm³/mol. The van der Waals surface area contributed by atoms with Crippen molar-refractivity contribution in [1.29, 1.82) is 0 Å². The molecule has 1 N–H and O–H groups in total. The molecule has 2 nitrogen and oxygen atoms in total. The molecule has 0 spiro atoms. The van der Waals surface area contributed by atoms with Gasteiger partial charge in [-0.3, -0.25) is 0 Å². The third-order valence-electron chi connectivity index (χ3n) is 2.95. The van der Waals surface area contributed by atoms with Crippen molar-refractivity contribution in [2.24, 2.45) is 0 Å². The average molecular weight is 405 g/mol. The summed E-state index contributed by atoms with van der Waals surface area (Å²) >= 11 is 8.79. The Balaban J connectivity index is 2.25. The standard InChI is InChI=1S/C14H15Br2NOS/c1-17-11(13-5-6-14(16)19-13)8-9-7-10(15)3-4-12(9)18-2/h3-7,11,17H,8H2,1-2H3. The van der Waals surface area contributed by atoms with E-state index in [4.69, 9.17) is 4.74 Å². The Hall–Kier alpha value is -0.360. The van der Waals surface area contributed by atoms with Gasteiger partial charge in [-0.05, 0) is 65.3 Å². The van der Waals surface area contributed by atoms with E-state index >= 15 is 0 Å².